The quantitative estimate of drug-likeness (QED) is 0.731. The van der Waals surface area contributed by atoms with Crippen molar-refractivity contribution in [2.24, 2.45) is 0 Å². The molecule has 1 fully saturated rings. The highest BCUT2D eigenvalue weighted by atomic mass is 19.1. The zero-order valence-corrected chi connectivity index (χ0v) is 14.5. The first-order chi connectivity index (χ1) is 12.6. The first kappa shape index (κ1) is 16.9. The predicted octanol–water partition coefficient (Wildman–Crippen LogP) is 4.52. The van der Waals surface area contributed by atoms with E-state index in [-0.39, 0.29) is 23.8 Å². The Labute approximate surface area is 151 Å². The topological polar surface area (TPSA) is 34.1 Å². The molecule has 134 valence electrons. The number of aromatic nitrogens is 1. The summed E-state index contributed by atoms with van der Waals surface area (Å²) >= 11 is 0. The van der Waals surface area contributed by atoms with E-state index in [1.165, 1.54) is 12.1 Å². The van der Waals surface area contributed by atoms with Crippen molar-refractivity contribution in [3.63, 3.8) is 0 Å². The third-order valence-corrected chi connectivity index (χ3v) is 4.97. The summed E-state index contributed by atoms with van der Waals surface area (Å²) in [6, 6.07) is 10.2. The van der Waals surface area contributed by atoms with Crippen LogP contribution in [0.5, 0.6) is 5.75 Å². The molecule has 4 rings (SSSR count). The van der Waals surface area contributed by atoms with Gasteiger partial charge in [-0.3, -0.25) is 4.98 Å². The van der Waals surface area contributed by atoms with Crippen LogP contribution in [0.4, 0.5) is 8.78 Å². The smallest absolute Gasteiger partial charge is 0.128 e. The van der Waals surface area contributed by atoms with E-state index in [1.54, 1.807) is 37.5 Å². The Hall–Kier alpha value is -2.53. The average Bonchev–Trinajstić information content (AvgIpc) is 2.61. The van der Waals surface area contributed by atoms with Crippen molar-refractivity contribution in [3.8, 4) is 5.75 Å². The maximum absolute atomic E-state index is 14.2. The Bertz CT molecular complexity index is 938. The molecule has 1 aromatic heterocycles. The maximum atomic E-state index is 14.2. The van der Waals surface area contributed by atoms with Crippen LogP contribution in [-0.2, 0) is 6.54 Å². The Morgan fingerprint density at radius 3 is 2.73 bits per heavy atom. The summed E-state index contributed by atoms with van der Waals surface area (Å²) < 4.78 is 33.4. The second-order valence-corrected chi connectivity index (χ2v) is 6.82. The number of halogens is 2. The zero-order valence-electron chi connectivity index (χ0n) is 14.5. The second kappa shape index (κ2) is 7.00. The van der Waals surface area contributed by atoms with Crippen molar-refractivity contribution in [2.75, 3.05) is 0 Å². The summed E-state index contributed by atoms with van der Waals surface area (Å²) in [4.78, 5) is 4.08. The lowest BCUT2D eigenvalue weighted by Crippen LogP contribution is -2.46. The van der Waals surface area contributed by atoms with E-state index >= 15 is 0 Å². The van der Waals surface area contributed by atoms with Crippen molar-refractivity contribution in [1.82, 2.24) is 10.3 Å². The van der Waals surface area contributed by atoms with Crippen molar-refractivity contribution in [2.45, 2.75) is 38.5 Å². The molecule has 0 amide bonds. The molecule has 0 saturated heterocycles. The van der Waals surface area contributed by atoms with E-state index in [0.717, 1.165) is 23.6 Å². The zero-order chi connectivity index (χ0) is 18.1. The van der Waals surface area contributed by atoms with Crippen LogP contribution in [0.25, 0.3) is 10.8 Å². The van der Waals surface area contributed by atoms with Gasteiger partial charge in [0.05, 0.1) is 0 Å². The van der Waals surface area contributed by atoms with Gasteiger partial charge in [0.15, 0.2) is 0 Å². The molecule has 1 N–H and O–H groups in total. The lowest BCUT2D eigenvalue weighted by molar-refractivity contribution is 0.0841. The van der Waals surface area contributed by atoms with Crippen LogP contribution >= 0.6 is 0 Å². The Morgan fingerprint density at radius 2 is 1.92 bits per heavy atom. The van der Waals surface area contributed by atoms with Gasteiger partial charge in [-0.25, -0.2) is 8.78 Å². The van der Waals surface area contributed by atoms with E-state index < -0.39 is 0 Å². The molecule has 26 heavy (non-hydrogen) atoms. The molecule has 1 aliphatic rings. The number of fused-ring (bicyclic) bond motifs is 1. The number of hydrogen-bond donors (Lipinski definition) is 1. The highest BCUT2D eigenvalue weighted by Crippen LogP contribution is 2.28. The van der Waals surface area contributed by atoms with E-state index in [4.69, 9.17) is 4.74 Å². The van der Waals surface area contributed by atoms with Gasteiger partial charge in [-0.05, 0) is 67.1 Å². The predicted molar refractivity (Wildman–Crippen MR) is 97.1 cm³/mol. The molecule has 0 atom stereocenters. The van der Waals surface area contributed by atoms with Crippen LogP contribution < -0.4 is 10.1 Å². The van der Waals surface area contributed by atoms with Gasteiger partial charge in [0.25, 0.3) is 0 Å². The van der Waals surface area contributed by atoms with Crippen LogP contribution in [-0.4, -0.2) is 17.1 Å². The van der Waals surface area contributed by atoms with Gasteiger partial charge < -0.3 is 10.1 Å². The molecule has 3 aromatic rings. The molecule has 0 bridgehead atoms. The number of nitrogens with zero attached hydrogens (tertiary/aromatic N) is 1. The third kappa shape index (κ3) is 3.40. The molecule has 5 heteroatoms. The van der Waals surface area contributed by atoms with Gasteiger partial charge >= 0.3 is 0 Å². The number of benzene rings is 2. The van der Waals surface area contributed by atoms with E-state index in [2.05, 4.69) is 10.3 Å². The van der Waals surface area contributed by atoms with Gasteiger partial charge in [0, 0.05) is 35.9 Å². The average molecular weight is 354 g/mol. The molecule has 1 heterocycles. The largest absolute Gasteiger partial charge is 0.490 e. The first-order valence-electron chi connectivity index (χ1n) is 8.77. The Morgan fingerprint density at radius 1 is 1.12 bits per heavy atom. The van der Waals surface area contributed by atoms with Crippen molar-refractivity contribution in [1.29, 1.82) is 0 Å². The molecule has 0 radical (unpaired) electrons. The van der Waals surface area contributed by atoms with Gasteiger partial charge in [-0.1, -0.05) is 0 Å². The third-order valence-electron chi connectivity index (χ3n) is 4.97. The molecule has 0 spiro atoms. The molecule has 3 nitrogen and oxygen atoms in total. The molecule has 1 aliphatic carbocycles. The number of aryl methyl sites for hydroxylation is 1. The monoisotopic (exact) mass is 354 g/mol. The molecule has 2 aromatic carbocycles. The van der Waals surface area contributed by atoms with Gasteiger partial charge in [-0.15, -0.1) is 0 Å². The maximum Gasteiger partial charge on any atom is 0.128 e. The minimum atomic E-state index is -0.224. The summed E-state index contributed by atoms with van der Waals surface area (Å²) in [5.74, 6) is 0.267. The normalized spacial score (nSPS) is 19.3. The number of pyridine rings is 1. The van der Waals surface area contributed by atoms with Crippen LogP contribution in [0.2, 0.25) is 0 Å². The van der Waals surface area contributed by atoms with E-state index in [9.17, 15) is 8.78 Å². The summed E-state index contributed by atoms with van der Waals surface area (Å²) in [6.45, 7) is 2.20. The van der Waals surface area contributed by atoms with Gasteiger partial charge in [-0.2, -0.15) is 0 Å². The minimum Gasteiger partial charge on any atom is -0.490 e. The molecular weight excluding hydrogens is 334 g/mol. The fraction of sp³-hybridized carbons (Fsp3) is 0.286. The van der Waals surface area contributed by atoms with Gasteiger partial charge in [0.2, 0.25) is 0 Å². The summed E-state index contributed by atoms with van der Waals surface area (Å²) in [5, 5.41) is 5.23. The minimum absolute atomic E-state index is 0.110. The molecule has 1 saturated carbocycles. The number of rotatable bonds is 5. The highest BCUT2D eigenvalue weighted by Gasteiger charge is 2.30. The first-order valence-corrected chi connectivity index (χ1v) is 8.77. The SMILES string of the molecule is Cc1cc(OC2CC(NCc3c(F)ccc4cnccc34)C2)ccc1F. The lowest BCUT2D eigenvalue weighted by atomic mass is 9.89. The molecule has 0 unspecified atom stereocenters. The summed E-state index contributed by atoms with van der Waals surface area (Å²) in [6.07, 6.45) is 5.24. The molecule has 0 aliphatic heterocycles. The number of hydrogen-bond acceptors (Lipinski definition) is 3. The van der Waals surface area contributed by atoms with Crippen LogP contribution in [0.3, 0.4) is 0 Å². The van der Waals surface area contributed by atoms with Crippen LogP contribution in [0, 0.1) is 18.6 Å². The molecular formula is C21H20F2N2O. The Kier molecular flexibility index (Phi) is 4.55. The Balaban J connectivity index is 1.34. The van der Waals surface area contributed by atoms with Crippen molar-refractivity contribution in [3.05, 3.63) is 71.6 Å². The van der Waals surface area contributed by atoms with Crippen LogP contribution in [0.1, 0.15) is 24.0 Å². The fourth-order valence-electron chi connectivity index (χ4n) is 3.34. The number of nitrogens with one attached hydrogen (secondary N) is 1. The second-order valence-electron chi connectivity index (χ2n) is 6.82. The number of ether oxygens (including phenoxy) is 1. The highest BCUT2D eigenvalue weighted by molar-refractivity contribution is 5.84. The fourth-order valence-corrected chi connectivity index (χ4v) is 3.34. The van der Waals surface area contributed by atoms with Crippen molar-refractivity contribution >= 4 is 10.8 Å². The summed E-state index contributed by atoms with van der Waals surface area (Å²) in [7, 11) is 0. The summed E-state index contributed by atoms with van der Waals surface area (Å²) in [5.41, 5.74) is 1.25. The lowest BCUT2D eigenvalue weighted by Gasteiger charge is -2.36. The standard InChI is InChI=1S/C21H20F2N2O/c1-13-8-16(3-5-20(13)22)26-17-9-15(10-17)25-12-19-18-6-7-24-11-14(18)2-4-21(19)23/h2-8,11,15,17,25H,9-10,12H2,1H3. The van der Waals surface area contributed by atoms with Crippen LogP contribution in [0.15, 0.2) is 48.8 Å². The van der Waals surface area contributed by atoms with Crippen molar-refractivity contribution < 1.29 is 13.5 Å². The van der Waals surface area contributed by atoms with E-state index in [1.807, 2.05) is 6.07 Å². The van der Waals surface area contributed by atoms with E-state index in [0.29, 0.717) is 23.4 Å². The van der Waals surface area contributed by atoms with Gasteiger partial charge in [0.1, 0.15) is 23.5 Å².